The molecule has 2 atom stereocenters. The molecule has 0 aliphatic heterocycles. The maximum Gasteiger partial charge on any atom is 3.00 e. The Morgan fingerprint density at radius 1 is 0.750 bits per heavy atom. The van der Waals surface area contributed by atoms with E-state index in [1.165, 1.54) is 39.0 Å². The smallest absolute Gasteiger partial charge is 3.00 e. The number of allylic oxidation sites excluding steroid dienone is 16. The third kappa shape index (κ3) is 11.7. The molecule has 0 bridgehead atoms. The van der Waals surface area contributed by atoms with Gasteiger partial charge in [-0.05, 0) is 75.0 Å². The summed E-state index contributed by atoms with van der Waals surface area (Å²) in [6.45, 7) is 29.4. The van der Waals surface area contributed by atoms with E-state index in [0.717, 1.165) is 6.42 Å². The minimum Gasteiger partial charge on any atom is 3.00 e. The van der Waals surface area contributed by atoms with Gasteiger partial charge < -0.3 is 32.2 Å². The fourth-order valence-corrected chi connectivity index (χ4v) is 5.34. The molecule has 221 valence electrons. The van der Waals surface area contributed by atoms with Crippen LogP contribution in [0.25, 0.3) is 0 Å². The quantitative estimate of drug-likeness (QED) is 0.294. The summed E-state index contributed by atoms with van der Waals surface area (Å²) in [5.41, 5.74) is 16.8. The van der Waals surface area contributed by atoms with Crippen LogP contribution in [0.3, 0.4) is 0 Å². The van der Waals surface area contributed by atoms with Gasteiger partial charge in [0.15, 0.2) is 0 Å². The van der Waals surface area contributed by atoms with Crippen LogP contribution >= 0.6 is 17.0 Å². The minimum absolute atomic E-state index is 0. The van der Waals surface area contributed by atoms with Crippen LogP contribution in [0.1, 0.15) is 96.4 Å². The van der Waals surface area contributed by atoms with E-state index in [4.69, 9.17) is 17.0 Å². The molecule has 0 fully saturated rings. The number of halogens is 4. The molecule has 4 aliphatic carbocycles. The summed E-state index contributed by atoms with van der Waals surface area (Å²) >= 11 is -0.826. The SMILES string of the molecule is CC1=C(C)C(C)C(C2=C(C)C(C)=C(C)C2C)=C1C.CC1=[C-]C(C)(C)C(C)=C1C.[C-]1=CC=CC1.[CH3-].[Cl-].[Cl-].[Cl][Zr+2][Cl].[Zr+3]. The first-order valence-electron chi connectivity index (χ1n) is 12.9. The first kappa shape index (κ1) is 47.8. The zero-order chi connectivity index (χ0) is 28.0. The predicted octanol–water partition coefficient (Wildman–Crippen LogP) is 5.84. The standard InChI is InChI=1S/C18H26.C10H15.C5H5.CH3.4ClH.2Zr/c1-9-10(2)14(6)17(13(9)5)18-15(7)11(3)12(4)16(18)8;1-7-6-10(4,5)9(3)8(7)2;1-2-4-5-3-1;;;;;;;/h13,15H,1-8H3;1-5H3;1-3H,4H2;1H3;4*1H;;/q;3*-1;;;;;+3;+4/p-4. The van der Waals surface area contributed by atoms with Crippen molar-refractivity contribution in [3.8, 4) is 0 Å². The van der Waals surface area contributed by atoms with Crippen LogP contribution in [0.15, 0.2) is 79.5 Å². The van der Waals surface area contributed by atoms with Gasteiger partial charge in [-0.1, -0.05) is 58.1 Å². The summed E-state index contributed by atoms with van der Waals surface area (Å²) in [5, 5.41) is 0. The maximum absolute atomic E-state index is 4.93. The molecule has 4 aliphatic rings. The van der Waals surface area contributed by atoms with Crippen LogP contribution in [0.5, 0.6) is 0 Å². The molecule has 0 heterocycles. The fourth-order valence-electron chi connectivity index (χ4n) is 5.34. The Morgan fingerprint density at radius 2 is 1.12 bits per heavy atom. The first-order chi connectivity index (χ1) is 16.6. The van der Waals surface area contributed by atoms with E-state index in [0.29, 0.717) is 11.8 Å². The molecule has 0 aromatic heterocycles. The normalized spacial score (nSPS) is 21.5. The van der Waals surface area contributed by atoms with E-state index in [1.54, 1.807) is 22.3 Å². The Hall–Kier alpha value is 0.846. The van der Waals surface area contributed by atoms with Crippen molar-refractivity contribution in [2.45, 2.75) is 96.4 Å². The molecule has 0 amide bonds. The predicted molar refractivity (Wildman–Crippen MR) is 165 cm³/mol. The van der Waals surface area contributed by atoms with Crippen LogP contribution in [-0.2, 0) is 47.1 Å². The second-order valence-corrected chi connectivity index (χ2v) is 14.6. The summed E-state index contributed by atoms with van der Waals surface area (Å²) in [7, 11) is 9.87. The zero-order valence-corrected chi connectivity index (χ0v) is 35.0. The molecule has 2 unspecified atom stereocenters. The summed E-state index contributed by atoms with van der Waals surface area (Å²) < 4.78 is 0. The third-order valence-corrected chi connectivity index (χ3v) is 8.72. The Morgan fingerprint density at radius 3 is 1.25 bits per heavy atom. The van der Waals surface area contributed by atoms with Gasteiger partial charge in [0.2, 0.25) is 0 Å². The molecule has 6 heteroatoms. The van der Waals surface area contributed by atoms with E-state index in [2.05, 4.69) is 108 Å². The largest absolute Gasteiger partial charge is 3.00 e. The molecule has 4 rings (SSSR count). The van der Waals surface area contributed by atoms with E-state index < -0.39 is 20.8 Å². The Labute approximate surface area is 298 Å². The molecule has 40 heavy (non-hydrogen) atoms. The zero-order valence-electron chi connectivity index (χ0n) is 27.1. The Bertz CT molecular complexity index is 1030. The molecular formula is C34H49Cl4Zr2. The molecular weight excluding hydrogens is 733 g/mol. The number of rotatable bonds is 1. The van der Waals surface area contributed by atoms with Gasteiger partial charge in [-0.25, -0.2) is 17.7 Å². The van der Waals surface area contributed by atoms with Crippen molar-refractivity contribution in [3.05, 3.63) is 99.1 Å². The average Bonchev–Trinajstić information content (AvgIpc) is 3.55. The average molecular weight is 782 g/mol. The second-order valence-electron chi connectivity index (χ2n) is 10.8. The Kier molecular flexibility index (Phi) is 25.7. The van der Waals surface area contributed by atoms with E-state index >= 15 is 0 Å². The van der Waals surface area contributed by atoms with Crippen molar-refractivity contribution < 1.29 is 71.9 Å². The van der Waals surface area contributed by atoms with Crippen molar-refractivity contribution in [1.29, 1.82) is 0 Å². The number of hydrogen-bond acceptors (Lipinski definition) is 0. The molecule has 0 aromatic rings. The second kappa shape index (κ2) is 21.5. The summed E-state index contributed by atoms with van der Waals surface area (Å²) in [4.78, 5) is 0. The van der Waals surface area contributed by atoms with Gasteiger partial charge in [0.25, 0.3) is 0 Å². The third-order valence-electron chi connectivity index (χ3n) is 8.72. The first-order valence-corrected chi connectivity index (χ1v) is 19.2. The van der Waals surface area contributed by atoms with Gasteiger partial charge in [0.05, 0.1) is 0 Å². The van der Waals surface area contributed by atoms with Gasteiger partial charge in [-0.3, -0.25) is 12.2 Å². The van der Waals surface area contributed by atoms with Gasteiger partial charge >= 0.3 is 64.1 Å². The van der Waals surface area contributed by atoms with Crippen LogP contribution in [0.2, 0.25) is 0 Å². The van der Waals surface area contributed by atoms with Gasteiger partial charge in [0.1, 0.15) is 0 Å². The van der Waals surface area contributed by atoms with Gasteiger partial charge in [0, 0.05) is 11.8 Å². The van der Waals surface area contributed by atoms with Crippen LogP contribution < -0.4 is 24.8 Å². The van der Waals surface area contributed by atoms with E-state index in [-0.39, 0.29) is 63.9 Å². The van der Waals surface area contributed by atoms with E-state index in [9.17, 15) is 0 Å². The molecule has 1 radical (unpaired) electrons. The summed E-state index contributed by atoms with van der Waals surface area (Å²) in [6, 6.07) is 0. The van der Waals surface area contributed by atoms with Crippen molar-refractivity contribution in [2.24, 2.45) is 17.3 Å². The Balaban J connectivity index is -0.000000251. The molecule has 0 aromatic carbocycles. The topological polar surface area (TPSA) is 0 Å². The summed E-state index contributed by atoms with van der Waals surface area (Å²) in [5.74, 6) is 1.19. The van der Waals surface area contributed by atoms with Crippen LogP contribution in [0, 0.1) is 36.8 Å². The fraction of sp³-hybridized carbons (Fsp3) is 0.500. The van der Waals surface area contributed by atoms with Gasteiger partial charge in [-0.2, -0.15) is 17.2 Å². The van der Waals surface area contributed by atoms with Crippen molar-refractivity contribution >= 4 is 17.0 Å². The molecule has 0 N–H and O–H groups in total. The molecule has 0 spiro atoms. The molecule has 0 saturated carbocycles. The van der Waals surface area contributed by atoms with E-state index in [1.807, 2.05) is 12.2 Å². The van der Waals surface area contributed by atoms with Gasteiger partial charge in [-0.15, -0.1) is 13.3 Å². The molecule has 0 saturated heterocycles. The monoisotopic (exact) mass is 777 g/mol. The van der Waals surface area contributed by atoms with Crippen molar-refractivity contribution in [3.63, 3.8) is 0 Å². The summed E-state index contributed by atoms with van der Waals surface area (Å²) in [6.07, 6.45) is 13.4. The maximum atomic E-state index is 4.93. The van der Waals surface area contributed by atoms with Crippen LogP contribution in [-0.4, -0.2) is 0 Å². The number of hydrogen-bond donors (Lipinski definition) is 0. The van der Waals surface area contributed by atoms with Crippen molar-refractivity contribution in [1.82, 2.24) is 0 Å². The van der Waals surface area contributed by atoms with Crippen molar-refractivity contribution in [2.75, 3.05) is 0 Å². The van der Waals surface area contributed by atoms with Crippen LogP contribution in [0.4, 0.5) is 0 Å². The minimum atomic E-state index is -0.826. The molecule has 0 nitrogen and oxygen atoms in total.